The van der Waals surface area contributed by atoms with Crippen molar-refractivity contribution in [1.29, 1.82) is 0 Å². The van der Waals surface area contributed by atoms with E-state index in [9.17, 15) is 0 Å². The summed E-state index contributed by atoms with van der Waals surface area (Å²) in [5.74, 6) is 0. The minimum Gasteiger partial charge on any atom is -0.317 e. The van der Waals surface area contributed by atoms with Gasteiger partial charge in [-0.25, -0.2) is 0 Å². The van der Waals surface area contributed by atoms with Crippen LogP contribution in [0.4, 0.5) is 0 Å². The average Bonchev–Trinajstić information content (AvgIpc) is 2.48. The maximum atomic E-state index is 6.22. The molecule has 20 heavy (non-hydrogen) atoms. The van der Waals surface area contributed by atoms with E-state index in [1.54, 1.807) is 0 Å². The molecule has 2 rings (SSSR count). The molecule has 0 aliphatic carbocycles. The Kier molecular flexibility index (Phi) is 5.84. The first-order valence-corrected chi connectivity index (χ1v) is 7.44. The van der Waals surface area contributed by atoms with Gasteiger partial charge >= 0.3 is 0 Å². The molecule has 2 nitrogen and oxygen atoms in total. The Hall–Kier alpha value is -1.09. The summed E-state index contributed by atoms with van der Waals surface area (Å²) in [4.78, 5) is 4.03. The third-order valence-electron chi connectivity index (χ3n) is 3.41. The van der Waals surface area contributed by atoms with Gasteiger partial charge < -0.3 is 5.32 Å². The molecular weight excluding hydrogens is 291 g/mol. The van der Waals surface area contributed by atoms with Gasteiger partial charge in [0.2, 0.25) is 0 Å². The van der Waals surface area contributed by atoms with Gasteiger partial charge in [-0.2, -0.15) is 0 Å². The minimum absolute atomic E-state index is 0.374. The van der Waals surface area contributed by atoms with Gasteiger partial charge in [-0.15, -0.1) is 0 Å². The van der Waals surface area contributed by atoms with E-state index in [0.717, 1.165) is 34.9 Å². The molecule has 0 fully saturated rings. The van der Waals surface area contributed by atoms with Gasteiger partial charge in [0.1, 0.15) is 0 Å². The molecule has 0 amide bonds. The third kappa shape index (κ3) is 4.48. The van der Waals surface area contributed by atoms with E-state index in [2.05, 4.69) is 22.4 Å². The zero-order valence-electron chi connectivity index (χ0n) is 11.4. The summed E-state index contributed by atoms with van der Waals surface area (Å²) >= 11 is 12.3. The second kappa shape index (κ2) is 7.63. The number of nitrogens with zero attached hydrogens (tertiary/aromatic N) is 1. The van der Waals surface area contributed by atoms with E-state index in [1.807, 2.05) is 37.6 Å². The first kappa shape index (κ1) is 15.3. The highest BCUT2D eigenvalue weighted by Crippen LogP contribution is 2.22. The van der Waals surface area contributed by atoms with Crippen molar-refractivity contribution in [1.82, 2.24) is 10.3 Å². The highest BCUT2D eigenvalue weighted by molar-refractivity contribution is 6.33. The molecule has 106 valence electrons. The smallest absolute Gasteiger partial charge is 0.0439 e. The van der Waals surface area contributed by atoms with Crippen molar-refractivity contribution in [3.05, 3.63) is 63.9 Å². The summed E-state index contributed by atoms with van der Waals surface area (Å²) in [6.07, 6.45) is 6.60. The Balaban J connectivity index is 1.97. The van der Waals surface area contributed by atoms with Crippen LogP contribution in [0, 0.1) is 0 Å². The second-order valence-electron chi connectivity index (χ2n) is 4.82. The van der Waals surface area contributed by atoms with Gasteiger partial charge in [-0.3, -0.25) is 4.98 Å². The normalized spacial score (nSPS) is 12.3. The number of benzene rings is 1. The van der Waals surface area contributed by atoms with Gasteiger partial charge in [-0.1, -0.05) is 23.2 Å². The molecule has 0 aliphatic rings. The molecule has 0 spiro atoms. The van der Waals surface area contributed by atoms with Crippen LogP contribution in [0.1, 0.15) is 17.5 Å². The average molecular weight is 309 g/mol. The topological polar surface area (TPSA) is 24.9 Å². The molecule has 2 aromatic rings. The van der Waals surface area contributed by atoms with Crippen LogP contribution in [-0.2, 0) is 12.8 Å². The molecule has 0 bridgehead atoms. The number of aromatic nitrogens is 1. The van der Waals surface area contributed by atoms with E-state index >= 15 is 0 Å². The van der Waals surface area contributed by atoms with Crippen molar-refractivity contribution < 1.29 is 0 Å². The van der Waals surface area contributed by atoms with Crippen LogP contribution in [0.2, 0.25) is 10.0 Å². The van der Waals surface area contributed by atoms with Crippen molar-refractivity contribution in [2.45, 2.75) is 25.3 Å². The molecular formula is C16H18Cl2N2. The lowest BCUT2D eigenvalue weighted by Crippen LogP contribution is -2.28. The van der Waals surface area contributed by atoms with Gasteiger partial charge in [0.25, 0.3) is 0 Å². The molecule has 0 saturated carbocycles. The highest BCUT2D eigenvalue weighted by atomic mass is 35.5. The zero-order chi connectivity index (χ0) is 14.4. The van der Waals surface area contributed by atoms with Crippen LogP contribution in [0.5, 0.6) is 0 Å². The van der Waals surface area contributed by atoms with Crippen LogP contribution < -0.4 is 5.32 Å². The monoisotopic (exact) mass is 308 g/mol. The Labute approximate surface area is 130 Å². The largest absolute Gasteiger partial charge is 0.317 e. The standard InChI is InChI=1S/C16H18Cl2N2/c1-19-15(4-2-12-6-8-20-9-7-12)11-13-10-14(17)3-5-16(13)18/h3,5-10,15,19H,2,4,11H2,1H3. The van der Waals surface area contributed by atoms with Crippen molar-refractivity contribution >= 4 is 23.2 Å². The molecule has 0 aliphatic heterocycles. The summed E-state index contributed by atoms with van der Waals surface area (Å²) in [5.41, 5.74) is 2.39. The molecule has 1 aromatic carbocycles. The maximum Gasteiger partial charge on any atom is 0.0439 e. The van der Waals surface area contributed by atoms with Crippen molar-refractivity contribution in [2.75, 3.05) is 7.05 Å². The zero-order valence-corrected chi connectivity index (χ0v) is 13.0. The van der Waals surface area contributed by atoms with Crippen molar-refractivity contribution in [3.8, 4) is 0 Å². The fourth-order valence-electron chi connectivity index (χ4n) is 2.20. The number of aryl methyl sites for hydroxylation is 1. The molecule has 1 heterocycles. The van der Waals surface area contributed by atoms with E-state index in [4.69, 9.17) is 23.2 Å². The number of likely N-dealkylation sites (N-methyl/N-ethyl adjacent to an activating group) is 1. The van der Waals surface area contributed by atoms with Crippen LogP contribution >= 0.6 is 23.2 Å². The lowest BCUT2D eigenvalue weighted by molar-refractivity contribution is 0.520. The molecule has 4 heteroatoms. The lowest BCUT2D eigenvalue weighted by atomic mass is 9.99. The fourth-order valence-corrected chi connectivity index (χ4v) is 2.59. The SMILES string of the molecule is CNC(CCc1ccncc1)Cc1cc(Cl)ccc1Cl. The summed E-state index contributed by atoms with van der Waals surface area (Å²) in [5, 5.41) is 4.86. The second-order valence-corrected chi connectivity index (χ2v) is 5.66. The molecule has 0 radical (unpaired) electrons. The van der Waals surface area contributed by atoms with Gasteiger partial charge in [0.15, 0.2) is 0 Å². The molecule has 0 saturated heterocycles. The number of hydrogen-bond acceptors (Lipinski definition) is 2. The predicted molar refractivity (Wildman–Crippen MR) is 85.6 cm³/mol. The van der Waals surface area contributed by atoms with Crippen LogP contribution in [0.15, 0.2) is 42.7 Å². The fraction of sp³-hybridized carbons (Fsp3) is 0.312. The number of halogens is 2. The van der Waals surface area contributed by atoms with Gasteiger partial charge in [-0.05, 0) is 67.8 Å². The summed E-state index contributed by atoms with van der Waals surface area (Å²) in [6, 6.07) is 10.1. The van der Waals surface area contributed by atoms with Crippen LogP contribution in [-0.4, -0.2) is 18.1 Å². The molecule has 1 unspecified atom stereocenters. The molecule has 1 aromatic heterocycles. The summed E-state index contributed by atoms with van der Waals surface area (Å²) < 4.78 is 0. The Morgan fingerprint density at radius 3 is 2.60 bits per heavy atom. The number of rotatable bonds is 6. The third-order valence-corrected chi connectivity index (χ3v) is 4.02. The van der Waals surface area contributed by atoms with Crippen molar-refractivity contribution in [2.24, 2.45) is 0 Å². The van der Waals surface area contributed by atoms with Crippen LogP contribution in [0.3, 0.4) is 0 Å². The van der Waals surface area contributed by atoms with Crippen molar-refractivity contribution in [3.63, 3.8) is 0 Å². The van der Waals surface area contributed by atoms with E-state index in [1.165, 1.54) is 5.56 Å². The Bertz CT molecular complexity index is 543. The lowest BCUT2D eigenvalue weighted by Gasteiger charge is -2.17. The van der Waals surface area contributed by atoms with E-state index < -0.39 is 0 Å². The van der Waals surface area contributed by atoms with Crippen LogP contribution in [0.25, 0.3) is 0 Å². The highest BCUT2D eigenvalue weighted by Gasteiger charge is 2.10. The first-order valence-electron chi connectivity index (χ1n) is 6.69. The summed E-state index contributed by atoms with van der Waals surface area (Å²) in [6.45, 7) is 0. The van der Waals surface area contributed by atoms with E-state index in [-0.39, 0.29) is 0 Å². The minimum atomic E-state index is 0.374. The Morgan fingerprint density at radius 1 is 1.15 bits per heavy atom. The summed E-state index contributed by atoms with van der Waals surface area (Å²) in [7, 11) is 1.98. The van der Waals surface area contributed by atoms with Gasteiger partial charge in [0, 0.05) is 28.5 Å². The molecule has 1 atom stereocenters. The quantitative estimate of drug-likeness (QED) is 0.867. The first-order chi connectivity index (χ1) is 9.69. The van der Waals surface area contributed by atoms with Gasteiger partial charge in [0.05, 0.1) is 0 Å². The predicted octanol–water partition coefficient (Wildman–Crippen LogP) is 4.15. The Morgan fingerprint density at radius 2 is 1.90 bits per heavy atom. The molecule has 1 N–H and O–H groups in total. The maximum absolute atomic E-state index is 6.22. The van der Waals surface area contributed by atoms with E-state index in [0.29, 0.717) is 6.04 Å². The number of hydrogen-bond donors (Lipinski definition) is 1. The number of pyridine rings is 1. The number of nitrogens with one attached hydrogen (secondary N) is 1.